The fraction of sp³-hybridized carbons (Fsp3) is 0.0612. The molecule has 0 fully saturated rings. The van der Waals surface area contributed by atoms with Gasteiger partial charge in [0.1, 0.15) is 11.2 Å². The number of hydrogen-bond donors (Lipinski definition) is 0. The second-order valence-corrected chi connectivity index (χ2v) is 13.8. The first-order valence-corrected chi connectivity index (χ1v) is 17.4. The van der Waals surface area contributed by atoms with E-state index in [4.69, 9.17) is 4.42 Å². The van der Waals surface area contributed by atoms with Crippen LogP contribution in [-0.4, -0.2) is 0 Å². The number of fused-ring (bicyclic) bond motifs is 8. The first-order valence-electron chi connectivity index (χ1n) is 19.4. The molecule has 10 rings (SSSR count). The highest BCUT2D eigenvalue weighted by atomic mass is 16.3. The summed E-state index contributed by atoms with van der Waals surface area (Å²) in [4.78, 5) is 1.89. The molecule has 242 valence electrons. The average molecular weight is 658 g/mol. The van der Waals surface area contributed by atoms with Crippen LogP contribution in [0.4, 0.5) is 17.1 Å². The minimum Gasteiger partial charge on any atom is -0.455 e. The smallest absolute Gasteiger partial charge is 0.143 e. The van der Waals surface area contributed by atoms with Gasteiger partial charge in [0.25, 0.3) is 0 Å². The van der Waals surface area contributed by atoms with Gasteiger partial charge in [-0.05, 0) is 98.4 Å². The molecular formula is C49H35NO. The molecule has 1 aromatic heterocycles. The van der Waals surface area contributed by atoms with Gasteiger partial charge in [-0.3, -0.25) is 0 Å². The molecule has 0 bridgehead atoms. The molecule has 1 heterocycles. The highest BCUT2D eigenvalue weighted by Gasteiger charge is 2.35. The molecule has 0 spiro atoms. The SMILES string of the molecule is [2H]c1c([2H])c(N(c2ccc(-c3cccc4oc5c6ccccc6ccc5c34)cc2)c2ccc3c(c2)C(C)(C)c2ccccc2-3)c([2H])c([2H])c1-c1ccccc1. The number of furan rings is 1. The normalized spacial score (nSPS) is 14.2. The zero-order valence-corrected chi connectivity index (χ0v) is 28.3. The Bertz CT molecular complexity index is 2970. The van der Waals surface area contributed by atoms with Crippen molar-refractivity contribution in [2.45, 2.75) is 19.3 Å². The average Bonchev–Trinajstić information content (AvgIpc) is 3.72. The number of anilines is 3. The molecule has 0 saturated carbocycles. The molecule has 0 aliphatic heterocycles. The molecule has 1 aliphatic rings. The maximum Gasteiger partial charge on any atom is 0.143 e. The predicted octanol–water partition coefficient (Wildman–Crippen LogP) is 13.8. The van der Waals surface area contributed by atoms with Gasteiger partial charge in [0.2, 0.25) is 0 Å². The molecule has 0 unspecified atom stereocenters. The van der Waals surface area contributed by atoms with Crippen molar-refractivity contribution in [1.82, 2.24) is 0 Å². The summed E-state index contributed by atoms with van der Waals surface area (Å²) in [5, 5.41) is 4.31. The minimum absolute atomic E-state index is 0.0799. The van der Waals surface area contributed by atoms with E-state index in [9.17, 15) is 5.48 Å². The van der Waals surface area contributed by atoms with Gasteiger partial charge < -0.3 is 9.32 Å². The maximum absolute atomic E-state index is 9.43. The Labute approximate surface area is 303 Å². The summed E-state index contributed by atoms with van der Waals surface area (Å²) < 4.78 is 43.7. The van der Waals surface area contributed by atoms with E-state index in [0.29, 0.717) is 5.56 Å². The number of hydrogen-bond acceptors (Lipinski definition) is 2. The van der Waals surface area contributed by atoms with Crippen molar-refractivity contribution >= 4 is 49.8 Å². The monoisotopic (exact) mass is 657 g/mol. The second-order valence-electron chi connectivity index (χ2n) is 13.8. The highest BCUT2D eigenvalue weighted by molar-refractivity contribution is 6.19. The predicted molar refractivity (Wildman–Crippen MR) is 214 cm³/mol. The topological polar surface area (TPSA) is 16.4 Å². The Balaban J connectivity index is 1.16. The van der Waals surface area contributed by atoms with Gasteiger partial charge in [-0.25, -0.2) is 0 Å². The Morgan fingerprint density at radius 1 is 0.490 bits per heavy atom. The molecule has 9 aromatic rings. The Morgan fingerprint density at radius 2 is 1.20 bits per heavy atom. The molecular weight excluding hydrogens is 619 g/mol. The van der Waals surface area contributed by atoms with Crippen LogP contribution < -0.4 is 4.90 Å². The summed E-state index contributed by atoms with van der Waals surface area (Å²) in [7, 11) is 0. The maximum atomic E-state index is 9.43. The van der Waals surface area contributed by atoms with Gasteiger partial charge in [-0.2, -0.15) is 0 Å². The summed E-state index contributed by atoms with van der Waals surface area (Å²) >= 11 is 0. The van der Waals surface area contributed by atoms with Crippen molar-refractivity contribution in [3.8, 4) is 33.4 Å². The fourth-order valence-corrected chi connectivity index (χ4v) is 7.99. The van der Waals surface area contributed by atoms with Gasteiger partial charge in [0.15, 0.2) is 0 Å². The van der Waals surface area contributed by atoms with Crippen LogP contribution in [0.25, 0.3) is 66.1 Å². The first-order chi connectivity index (χ1) is 26.7. The zero-order chi connectivity index (χ0) is 37.6. The summed E-state index contributed by atoms with van der Waals surface area (Å²) in [5.41, 5.74) is 10.8. The van der Waals surface area contributed by atoms with E-state index < -0.39 is 0 Å². The molecule has 0 radical (unpaired) electrons. The van der Waals surface area contributed by atoms with Crippen LogP contribution in [-0.2, 0) is 5.41 Å². The van der Waals surface area contributed by atoms with Crippen molar-refractivity contribution in [2.24, 2.45) is 0 Å². The number of benzene rings is 8. The van der Waals surface area contributed by atoms with Gasteiger partial charge in [0, 0.05) is 38.6 Å². The van der Waals surface area contributed by atoms with Crippen LogP contribution in [0.3, 0.4) is 0 Å². The van der Waals surface area contributed by atoms with Crippen LogP contribution in [0.5, 0.6) is 0 Å². The summed E-state index contributed by atoms with van der Waals surface area (Å²) in [6, 6.07) is 50.5. The van der Waals surface area contributed by atoms with Crippen LogP contribution >= 0.6 is 0 Å². The van der Waals surface area contributed by atoms with Crippen molar-refractivity contribution in [3.05, 3.63) is 187 Å². The Hall–Kier alpha value is -6.38. The third-order valence-corrected chi connectivity index (χ3v) is 10.5. The molecule has 0 amide bonds. The van der Waals surface area contributed by atoms with E-state index in [2.05, 4.69) is 92.7 Å². The van der Waals surface area contributed by atoms with E-state index in [0.717, 1.165) is 66.3 Å². The second kappa shape index (κ2) is 11.3. The standard InChI is InChI=1S/C49H35NO/c1-49(2)44-17-9-8-15-41(44)42-30-28-38(31-45(42)49)50(36-24-19-33(20-25-36)32-11-4-3-5-12-32)37-26-21-35(22-27-37)39-16-10-18-46-47(39)43-29-23-34-13-6-7-14-40(34)48(43)51-46/h3-31H,1-2H3/i19D,20D,24D,25D. The third kappa shape index (κ3) is 4.64. The van der Waals surface area contributed by atoms with Gasteiger partial charge in [0.05, 0.1) is 5.48 Å². The van der Waals surface area contributed by atoms with E-state index in [1.54, 1.807) is 0 Å². The summed E-state index contributed by atoms with van der Waals surface area (Å²) in [6.45, 7) is 4.46. The van der Waals surface area contributed by atoms with Crippen molar-refractivity contribution in [1.29, 1.82) is 0 Å². The molecule has 0 N–H and O–H groups in total. The van der Waals surface area contributed by atoms with Crippen LogP contribution in [0, 0.1) is 0 Å². The van der Waals surface area contributed by atoms with E-state index in [1.807, 2.05) is 77.7 Å². The van der Waals surface area contributed by atoms with Gasteiger partial charge >= 0.3 is 0 Å². The van der Waals surface area contributed by atoms with E-state index in [-0.39, 0.29) is 40.8 Å². The zero-order valence-electron chi connectivity index (χ0n) is 32.3. The van der Waals surface area contributed by atoms with Crippen molar-refractivity contribution in [2.75, 3.05) is 4.90 Å². The first kappa shape index (κ1) is 25.6. The van der Waals surface area contributed by atoms with E-state index in [1.165, 1.54) is 11.1 Å². The molecule has 0 atom stereocenters. The quantitative estimate of drug-likeness (QED) is 0.183. The number of nitrogens with zero attached hydrogens (tertiary/aromatic N) is 1. The number of rotatable bonds is 5. The Kier molecular flexibility index (Phi) is 5.68. The van der Waals surface area contributed by atoms with Crippen LogP contribution in [0.15, 0.2) is 180 Å². The van der Waals surface area contributed by atoms with Crippen molar-refractivity contribution < 1.29 is 9.90 Å². The largest absolute Gasteiger partial charge is 0.455 e. The lowest BCUT2D eigenvalue weighted by atomic mass is 9.82. The van der Waals surface area contributed by atoms with E-state index >= 15 is 0 Å². The molecule has 2 nitrogen and oxygen atoms in total. The third-order valence-electron chi connectivity index (χ3n) is 10.5. The van der Waals surface area contributed by atoms with Gasteiger partial charge in [-0.15, -0.1) is 0 Å². The van der Waals surface area contributed by atoms with Crippen molar-refractivity contribution in [3.63, 3.8) is 0 Å². The van der Waals surface area contributed by atoms with Gasteiger partial charge in [-0.1, -0.05) is 141 Å². The molecule has 0 saturated heterocycles. The lowest BCUT2D eigenvalue weighted by Crippen LogP contribution is -2.16. The van der Waals surface area contributed by atoms with Crippen LogP contribution in [0.2, 0.25) is 0 Å². The lowest BCUT2D eigenvalue weighted by molar-refractivity contribution is 0.660. The van der Waals surface area contributed by atoms with Crippen LogP contribution in [0.1, 0.15) is 30.5 Å². The summed E-state index contributed by atoms with van der Waals surface area (Å²) in [5.74, 6) is 0. The Morgan fingerprint density at radius 3 is 2.04 bits per heavy atom. The summed E-state index contributed by atoms with van der Waals surface area (Å²) in [6.07, 6.45) is 0. The molecule has 1 aliphatic carbocycles. The molecule has 51 heavy (non-hydrogen) atoms. The lowest BCUT2D eigenvalue weighted by Gasteiger charge is -2.28. The fourth-order valence-electron chi connectivity index (χ4n) is 7.99. The molecule has 2 heteroatoms. The highest BCUT2D eigenvalue weighted by Crippen LogP contribution is 2.51. The molecule has 8 aromatic carbocycles. The minimum atomic E-state index is -0.277.